The van der Waals surface area contributed by atoms with Gasteiger partial charge >= 0.3 is 0 Å². The van der Waals surface area contributed by atoms with Gasteiger partial charge in [0.15, 0.2) is 5.65 Å². The summed E-state index contributed by atoms with van der Waals surface area (Å²) >= 11 is 3.51. The second kappa shape index (κ2) is 5.95. The third-order valence-corrected chi connectivity index (χ3v) is 5.51. The molecule has 0 radical (unpaired) electrons. The molecule has 0 unspecified atom stereocenters. The highest BCUT2D eigenvalue weighted by atomic mass is 79.9. The van der Waals surface area contributed by atoms with Gasteiger partial charge in [0, 0.05) is 28.8 Å². The van der Waals surface area contributed by atoms with Gasteiger partial charge in [-0.15, -0.1) is 0 Å². The average Bonchev–Trinajstić information content (AvgIpc) is 3.37. The maximum absolute atomic E-state index is 13.0. The maximum Gasteiger partial charge on any atom is 0.256 e. The number of halogens is 1. The summed E-state index contributed by atoms with van der Waals surface area (Å²) in [5.41, 5.74) is 5.13. The molecule has 128 valence electrons. The highest BCUT2D eigenvalue weighted by molar-refractivity contribution is 9.10. The molecule has 1 aromatic carbocycles. The Hall–Kier alpha value is -2.21. The highest BCUT2D eigenvalue weighted by Gasteiger charge is 2.28. The van der Waals surface area contributed by atoms with Gasteiger partial charge in [0.25, 0.3) is 5.91 Å². The fraction of sp³-hybridized carbons (Fsp3) is 0.316. The first-order valence-electron chi connectivity index (χ1n) is 8.36. The number of hydrogen-bond donors (Lipinski definition) is 1. The summed E-state index contributed by atoms with van der Waals surface area (Å²) in [5, 5.41) is 8.29. The number of aryl methyl sites for hydroxylation is 3. The highest BCUT2D eigenvalue weighted by Crippen LogP contribution is 2.40. The lowest BCUT2D eigenvalue weighted by Crippen LogP contribution is -2.13. The van der Waals surface area contributed by atoms with E-state index >= 15 is 0 Å². The largest absolute Gasteiger partial charge is 0.322 e. The van der Waals surface area contributed by atoms with Gasteiger partial charge in [-0.05, 0) is 50.5 Å². The number of benzene rings is 1. The van der Waals surface area contributed by atoms with Crippen LogP contribution in [0.15, 0.2) is 28.7 Å². The molecule has 2 heterocycles. The molecule has 5 nitrogen and oxygen atoms in total. The van der Waals surface area contributed by atoms with Crippen LogP contribution in [0.3, 0.4) is 0 Å². The Morgan fingerprint density at radius 3 is 2.72 bits per heavy atom. The van der Waals surface area contributed by atoms with Crippen molar-refractivity contribution >= 4 is 38.6 Å². The Morgan fingerprint density at radius 1 is 1.28 bits per heavy atom. The van der Waals surface area contributed by atoms with Crippen molar-refractivity contribution < 1.29 is 4.79 Å². The molecule has 1 saturated carbocycles. The molecule has 1 fully saturated rings. The lowest BCUT2D eigenvalue weighted by Gasteiger charge is -2.10. The van der Waals surface area contributed by atoms with Gasteiger partial charge < -0.3 is 5.32 Å². The molecule has 1 aliphatic rings. The molecule has 4 rings (SSSR count). The molecule has 2 aromatic heterocycles. The van der Waals surface area contributed by atoms with Gasteiger partial charge in [0.05, 0.1) is 16.6 Å². The first-order valence-corrected chi connectivity index (χ1v) is 9.15. The molecule has 6 heteroatoms. The summed E-state index contributed by atoms with van der Waals surface area (Å²) in [6.07, 6.45) is 2.28. The van der Waals surface area contributed by atoms with Gasteiger partial charge in [0.1, 0.15) is 0 Å². The van der Waals surface area contributed by atoms with Crippen molar-refractivity contribution in [1.82, 2.24) is 14.8 Å². The number of anilines is 1. The van der Waals surface area contributed by atoms with Gasteiger partial charge in [-0.2, -0.15) is 5.10 Å². The lowest BCUT2D eigenvalue weighted by atomic mass is 10.1. The zero-order chi connectivity index (χ0) is 17.7. The van der Waals surface area contributed by atoms with Crippen LogP contribution < -0.4 is 5.32 Å². The van der Waals surface area contributed by atoms with Crippen LogP contribution in [-0.2, 0) is 7.05 Å². The molecule has 25 heavy (non-hydrogen) atoms. The van der Waals surface area contributed by atoms with Crippen LogP contribution in [0.1, 0.15) is 46.1 Å². The lowest BCUT2D eigenvalue weighted by molar-refractivity contribution is 0.102. The Kier molecular flexibility index (Phi) is 3.87. The second-order valence-electron chi connectivity index (χ2n) is 6.69. The molecule has 0 saturated heterocycles. The normalized spacial score (nSPS) is 14.1. The van der Waals surface area contributed by atoms with Gasteiger partial charge in [0.2, 0.25) is 0 Å². The molecule has 1 aliphatic carbocycles. The quantitative estimate of drug-likeness (QED) is 0.707. The average molecular weight is 399 g/mol. The Morgan fingerprint density at radius 2 is 2.04 bits per heavy atom. The monoisotopic (exact) mass is 398 g/mol. The summed E-state index contributed by atoms with van der Waals surface area (Å²) in [7, 11) is 1.87. The Bertz CT molecular complexity index is 1000. The van der Waals surface area contributed by atoms with E-state index in [-0.39, 0.29) is 5.91 Å². The second-order valence-corrected chi connectivity index (χ2v) is 7.55. The Balaban J connectivity index is 1.78. The van der Waals surface area contributed by atoms with E-state index in [1.807, 2.05) is 45.2 Å². The van der Waals surface area contributed by atoms with Crippen LogP contribution in [0, 0.1) is 13.8 Å². The minimum absolute atomic E-state index is 0.124. The molecule has 3 aromatic rings. The van der Waals surface area contributed by atoms with Crippen molar-refractivity contribution in [3.8, 4) is 0 Å². The van der Waals surface area contributed by atoms with Crippen LogP contribution in [0.4, 0.5) is 5.69 Å². The minimum Gasteiger partial charge on any atom is -0.322 e. The molecule has 0 aliphatic heterocycles. The van der Waals surface area contributed by atoms with Crippen molar-refractivity contribution in [2.75, 3.05) is 5.32 Å². The molecule has 0 atom stereocenters. The summed E-state index contributed by atoms with van der Waals surface area (Å²) < 4.78 is 2.73. The zero-order valence-electron chi connectivity index (χ0n) is 14.4. The van der Waals surface area contributed by atoms with Gasteiger partial charge in [-0.25, -0.2) is 4.98 Å². The van der Waals surface area contributed by atoms with E-state index in [0.29, 0.717) is 11.5 Å². The first-order chi connectivity index (χ1) is 11.9. The maximum atomic E-state index is 13.0. The van der Waals surface area contributed by atoms with E-state index in [4.69, 9.17) is 4.98 Å². The number of aromatic nitrogens is 3. The minimum atomic E-state index is -0.124. The fourth-order valence-electron chi connectivity index (χ4n) is 3.10. The van der Waals surface area contributed by atoms with Crippen LogP contribution in [-0.4, -0.2) is 20.7 Å². The molecule has 0 bridgehead atoms. The van der Waals surface area contributed by atoms with Gasteiger partial charge in [-0.1, -0.05) is 22.0 Å². The van der Waals surface area contributed by atoms with E-state index < -0.39 is 0 Å². The predicted octanol–water partition coefficient (Wildman–Crippen LogP) is 4.48. The van der Waals surface area contributed by atoms with Crippen LogP contribution in [0.5, 0.6) is 0 Å². The summed E-state index contributed by atoms with van der Waals surface area (Å²) in [6.45, 7) is 3.93. The number of fused-ring (bicyclic) bond motifs is 1. The van der Waals surface area contributed by atoms with E-state index in [9.17, 15) is 4.79 Å². The number of rotatable bonds is 3. The topological polar surface area (TPSA) is 59.8 Å². The number of nitrogens with one attached hydrogen (secondary N) is 1. The molecule has 1 amide bonds. The first kappa shape index (κ1) is 16.3. The summed E-state index contributed by atoms with van der Waals surface area (Å²) in [6, 6.07) is 7.75. The zero-order valence-corrected chi connectivity index (χ0v) is 16.0. The predicted molar refractivity (Wildman–Crippen MR) is 102 cm³/mol. The van der Waals surface area contributed by atoms with Crippen LogP contribution in [0.25, 0.3) is 11.0 Å². The third-order valence-electron chi connectivity index (χ3n) is 4.66. The number of amides is 1. The van der Waals surface area contributed by atoms with E-state index in [2.05, 4.69) is 26.3 Å². The van der Waals surface area contributed by atoms with Crippen molar-refractivity contribution in [3.63, 3.8) is 0 Å². The number of nitrogens with zero attached hydrogens (tertiary/aromatic N) is 3. The summed E-state index contributed by atoms with van der Waals surface area (Å²) in [4.78, 5) is 17.7. The fourth-order valence-corrected chi connectivity index (χ4v) is 3.48. The SMILES string of the molecule is Cc1ccc(NC(=O)c2cc(C3CC3)nc3c2c(C)nn3C)cc1Br. The molecular formula is C19H19BrN4O. The summed E-state index contributed by atoms with van der Waals surface area (Å²) in [5.74, 6) is 0.348. The van der Waals surface area contributed by atoms with Crippen molar-refractivity contribution in [1.29, 1.82) is 0 Å². The standard InChI is InChI=1S/C19H19BrN4O/c1-10-4-7-13(8-15(10)20)21-19(25)14-9-16(12-5-6-12)22-18-17(14)11(2)23-24(18)3/h4,7-9,12H,5-6H2,1-3H3,(H,21,25). The van der Waals surface area contributed by atoms with E-state index in [0.717, 1.165) is 51.0 Å². The van der Waals surface area contributed by atoms with Crippen LogP contribution in [0.2, 0.25) is 0 Å². The smallest absolute Gasteiger partial charge is 0.256 e. The number of pyridine rings is 1. The molecular weight excluding hydrogens is 380 g/mol. The third kappa shape index (κ3) is 2.95. The Labute approximate surface area is 154 Å². The number of carbonyl (C=O) groups excluding carboxylic acids is 1. The van der Waals surface area contributed by atoms with E-state index in [1.54, 1.807) is 4.68 Å². The molecule has 1 N–H and O–H groups in total. The van der Waals surface area contributed by atoms with E-state index in [1.165, 1.54) is 0 Å². The van der Waals surface area contributed by atoms with Crippen molar-refractivity contribution in [2.24, 2.45) is 7.05 Å². The van der Waals surface area contributed by atoms with Crippen LogP contribution >= 0.6 is 15.9 Å². The number of carbonyl (C=O) groups is 1. The van der Waals surface area contributed by atoms with Gasteiger partial charge in [-0.3, -0.25) is 9.48 Å². The molecule has 0 spiro atoms. The van der Waals surface area contributed by atoms with Crippen molar-refractivity contribution in [3.05, 3.63) is 51.3 Å². The van der Waals surface area contributed by atoms with Crippen molar-refractivity contribution in [2.45, 2.75) is 32.6 Å². The number of hydrogen-bond acceptors (Lipinski definition) is 3.